The highest BCUT2D eigenvalue weighted by molar-refractivity contribution is 5.81. The summed E-state index contributed by atoms with van der Waals surface area (Å²) in [6.07, 6.45) is 1.01. The summed E-state index contributed by atoms with van der Waals surface area (Å²) in [5.74, 6) is -0.966. The second-order valence-electron chi connectivity index (χ2n) is 6.73. The summed E-state index contributed by atoms with van der Waals surface area (Å²) in [6, 6.07) is 4.18. The third kappa shape index (κ3) is 3.67. The molecule has 1 N–H and O–H groups in total. The number of amides is 1. The molecule has 120 valence electrons. The molecule has 2 atom stereocenters. The van der Waals surface area contributed by atoms with Gasteiger partial charge in [-0.25, -0.2) is 0 Å². The molecule has 4 nitrogen and oxygen atoms in total. The Morgan fingerprint density at radius 2 is 1.77 bits per heavy atom. The number of rotatable bonds is 3. The van der Waals surface area contributed by atoms with Crippen molar-refractivity contribution in [2.45, 2.75) is 40.5 Å². The number of hydrogen-bond donors (Lipinski definition) is 1. The van der Waals surface area contributed by atoms with Crippen molar-refractivity contribution in [1.82, 2.24) is 4.90 Å². The fourth-order valence-corrected chi connectivity index (χ4v) is 3.49. The van der Waals surface area contributed by atoms with E-state index in [1.807, 2.05) is 20.8 Å². The number of hydrogen-bond acceptors (Lipinski definition) is 2. The molecule has 4 heteroatoms. The maximum atomic E-state index is 12.6. The van der Waals surface area contributed by atoms with Gasteiger partial charge in [0, 0.05) is 13.1 Å². The zero-order chi connectivity index (χ0) is 16.4. The molecule has 22 heavy (non-hydrogen) atoms. The Bertz CT molecular complexity index is 571. The normalized spacial score (nSPS) is 21.7. The number of carbonyl (C=O) groups is 2. The van der Waals surface area contributed by atoms with Gasteiger partial charge in [-0.1, -0.05) is 24.6 Å². The van der Waals surface area contributed by atoms with Crippen LogP contribution in [0.1, 0.15) is 35.6 Å². The van der Waals surface area contributed by atoms with Gasteiger partial charge in [-0.2, -0.15) is 0 Å². The molecular formula is C18H25NO3. The van der Waals surface area contributed by atoms with E-state index in [4.69, 9.17) is 0 Å². The average molecular weight is 303 g/mol. The van der Waals surface area contributed by atoms with Crippen LogP contribution in [-0.4, -0.2) is 35.0 Å². The number of likely N-dealkylation sites (tertiary alicyclic amines) is 1. The van der Waals surface area contributed by atoms with Crippen molar-refractivity contribution in [3.63, 3.8) is 0 Å². The number of piperidine rings is 1. The summed E-state index contributed by atoms with van der Waals surface area (Å²) in [5.41, 5.74) is 4.53. The first-order valence-electron chi connectivity index (χ1n) is 7.85. The van der Waals surface area contributed by atoms with E-state index < -0.39 is 11.9 Å². The molecule has 0 bridgehead atoms. The van der Waals surface area contributed by atoms with Gasteiger partial charge >= 0.3 is 5.97 Å². The van der Waals surface area contributed by atoms with E-state index in [-0.39, 0.29) is 11.8 Å². The molecule has 1 heterocycles. The number of nitrogens with zero attached hydrogens (tertiary/aromatic N) is 1. The second kappa shape index (κ2) is 6.51. The molecule has 2 unspecified atom stereocenters. The van der Waals surface area contributed by atoms with Crippen molar-refractivity contribution >= 4 is 11.9 Å². The SMILES string of the molecule is Cc1cc(C)c(CC(=O)N2CC(C)CC(C(=O)O)C2)c(C)c1. The van der Waals surface area contributed by atoms with Crippen LogP contribution in [-0.2, 0) is 16.0 Å². The summed E-state index contributed by atoms with van der Waals surface area (Å²) >= 11 is 0. The van der Waals surface area contributed by atoms with Crippen molar-refractivity contribution in [2.24, 2.45) is 11.8 Å². The number of benzene rings is 1. The van der Waals surface area contributed by atoms with E-state index in [1.165, 1.54) is 5.56 Å². The molecule has 0 aromatic heterocycles. The average Bonchev–Trinajstić information content (AvgIpc) is 2.41. The molecule has 1 aromatic carbocycles. The van der Waals surface area contributed by atoms with Gasteiger partial charge in [0.2, 0.25) is 5.91 Å². The topological polar surface area (TPSA) is 57.6 Å². The van der Waals surface area contributed by atoms with Crippen LogP contribution in [0.3, 0.4) is 0 Å². The minimum absolute atomic E-state index is 0.0350. The van der Waals surface area contributed by atoms with E-state index in [0.717, 1.165) is 16.7 Å². The van der Waals surface area contributed by atoms with Crippen LogP contribution in [0, 0.1) is 32.6 Å². The number of carbonyl (C=O) groups excluding carboxylic acids is 1. The van der Waals surface area contributed by atoms with E-state index in [1.54, 1.807) is 4.90 Å². The molecule has 0 spiro atoms. The lowest BCUT2D eigenvalue weighted by Crippen LogP contribution is -2.46. The predicted octanol–water partition coefficient (Wildman–Crippen LogP) is 2.72. The van der Waals surface area contributed by atoms with E-state index in [0.29, 0.717) is 25.9 Å². The Labute approximate surface area is 132 Å². The van der Waals surface area contributed by atoms with Gasteiger partial charge in [0.1, 0.15) is 0 Å². The highest BCUT2D eigenvalue weighted by Gasteiger charge is 2.31. The Hall–Kier alpha value is -1.84. The molecule has 1 amide bonds. The standard InChI is InChI=1S/C18H25NO3/c1-11-5-13(3)16(14(4)6-11)8-17(20)19-9-12(2)7-15(10-19)18(21)22/h5-6,12,15H,7-10H2,1-4H3,(H,21,22). The highest BCUT2D eigenvalue weighted by Crippen LogP contribution is 2.24. The molecule has 1 saturated heterocycles. The van der Waals surface area contributed by atoms with Gasteiger partial charge in [0.15, 0.2) is 0 Å². The molecule has 0 radical (unpaired) electrons. The Kier molecular flexibility index (Phi) is 4.89. The molecule has 1 aliphatic rings. The highest BCUT2D eigenvalue weighted by atomic mass is 16.4. The monoisotopic (exact) mass is 303 g/mol. The second-order valence-corrected chi connectivity index (χ2v) is 6.73. The lowest BCUT2D eigenvalue weighted by atomic mass is 9.89. The van der Waals surface area contributed by atoms with Crippen LogP contribution < -0.4 is 0 Å². The minimum Gasteiger partial charge on any atom is -0.481 e. The third-order valence-corrected chi connectivity index (χ3v) is 4.53. The molecule has 1 fully saturated rings. The van der Waals surface area contributed by atoms with Gasteiger partial charge in [-0.3, -0.25) is 9.59 Å². The largest absolute Gasteiger partial charge is 0.481 e. The zero-order valence-electron chi connectivity index (χ0n) is 13.8. The number of carboxylic acid groups (broad SMARTS) is 1. The van der Waals surface area contributed by atoms with Crippen molar-refractivity contribution in [1.29, 1.82) is 0 Å². The Morgan fingerprint density at radius 1 is 1.18 bits per heavy atom. The van der Waals surface area contributed by atoms with E-state index in [9.17, 15) is 14.7 Å². The zero-order valence-corrected chi connectivity index (χ0v) is 13.8. The molecular weight excluding hydrogens is 278 g/mol. The van der Waals surface area contributed by atoms with Gasteiger partial charge in [-0.05, 0) is 49.8 Å². The number of aliphatic carboxylic acids is 1. The smallest absolute Gasteiger partial charge is 0.308 e. The van der Waals surface area contributed by atoms with Crippen LogP contribution in [0.5, 0.6) is 0 Å². The lowest BCUT2D eigenvalue weighted by Gasteiger charge is -2.35. The van der Waals surface area contributed by atoms with Crippen LogP contribution in [0.25, 0.3) is 0 Å². The van der Waals surface area contributed by atoms with Gasteiger partial charge in [0.05, 0.1) is 12.3 Å². The molecule has 1 aliphatic heterocycles. The van der Waals surface area contributed by atoms with Crippen LogP contribution in [0.15, 0.2) is 12.1 Å². The van der Waals surface area contributed by atoms with E-state index >= 15 is 0 Å². The van der Waals surface area contributed by atoms with Crippen molar-refractivity contribution in [2.75, 3.05) is 13.1 Å². The maximum Gasteiger partial charge on any atom is 0.308 e. The molecule has 0 aliphatic carbocycles. The first kappa shape index (κ1) is 16.5. The van der Waals surface area contributed by atoms with E-state index in [2.05, 4.69) is 19.1 Å². The summed E-state index contributed by atoms with van der Waals surface area (Å²) in [6.45, 7) is 9.12. The summed E-state index contributed by atoms with van der Waals surface area (Å²) in [4.78, 5) is 25.6. The Morgan fingerprint density at radius 3 is 2.32 bits per heavy atom. The van der Waals surface area contributed by atoms with Gasteiger partial charge in [-0.15, -0.1) is 0 Å². The quantitative estimate of drug-likeness (QED) is 0.934. The van der Waals surface area contributed by atoms with Gasteiger partial charge < -0.3 is 10.0 Å². The number of aryl methyl sites for hydroxylation is 3. The van der Waals surface area contributed by atoms with Crippen molar-refractivity contribution < 1.29 is 14.7 Å². The lowest BCUT2D eigenvalue weighted by molar-refractivity contribution is -0.146. The predicted molar refractivity (Wildman–Crippen MR) is 85.8 cm³/mol. The molecule has 0 saturated carbocycles. The first-order chi connectivity index (χ1) is 10.3. The van der Waals surface area contributed by atoms with Crippen molar-refractivity contribution in [3.05, 3.63) is 34.4 Å². The fourth-order valence-electron chi connectivity index (χ4n) is 3.49. The van der Waals surface area contributed by atoms with Crippen LogP contribution in [0.2, 0.25) is 0 Å². The third-order valence-electron chi connectivity index (χ3n) is 4.53. The van der Waals surface area contributed by atoms with Crippen LogP contribution >= 0.6 is 0 Å². The Balaban J connectivity index is 2.13. The first-order valence-corrected chi connectivity index (χ1v) is 7.85. The molecule has 2 rings (SSSR count). The summed E-state index contributed by atoms with van der Waals surface area (Å²) in [5, 5.41) is 9.23. The van der Waals surface area contributed by atoms with Gasteiger partial charge in [0.25, 0.3) is 0 Å². The fraction of sp³-hybridized carbons (Fsp3) is 0.556. The van der Waals surface area contributed by atoms with Crippen LogP contribution in [0.4, 0.5) is 0 Å². The van der Waals surface area contributed by atoms with Crippen molar-refractivity contribution in [3.8, 4) is 0 Å². The maximum absolute atomic E-state index is 12.6. The summed E-state index contributed by atoms with van der Waals surface area (Å²) < 4.78 is 0. The molecule has 1 aromatic rings. The minimum atomic E-state index is -0.799. The summed E-state index contributed by atoms with van der Waals surface area (Å²) in [7, 11) is 0. The number of carboxylic acids is 1.